The standard InChI is InChI=1S/C27H37N3O/c1-18-7-8-22(19(2)13-18)17-25(31)11-12-26-28-29-27(30(26)24-9-10-24)23-15-21(16-23)14-20-5-3-4-6-20/h7-8,13,20-21,23-24H,3-6,9-12,14-17H2,1-2H3. The Kier molecular flexibility index (Phi) is 5.99. The smallest absolute Gasteiger partial charge is 0.137 e. The minimum absolute atomic E-state index is 0.305. The average Bonchev–Trinajstić information content (AvgIpc) is 3.25. The Morgan fingerprint density at radius 3 is 2.52 bits per heavy atom. The number of carbonyl (C=O) groups excluding carboxylic acids is 1. The van der Waals surface area contributed by atoms with E-state index < -0.39 is 0 Å². The molecule has 0 aliphatic heterocycles. The monoisotopic (exact) mass is 419 g/mol. The van der Waals surface area contributed by atoms with Crippen LogP contribution in [0.1, 0.15) is 105 Å². The van der Waals surface area contributed by atoms with Crippen molar-refractivity contribution in [2.45, 2.75) is 103 Å². The van der Waals surface area contributed by atoms with Gasteiger partial charge in [0.1, 0.15) is 17.4 Å². The van der Waals surface area contributed by atoms with Crippen LogP contribution >= 0.6 is 0 Å². The number of ketones is 1. The molecule has 2 aromatic rings. The summed E-state index contributed by atoms with van der Waals surface area (Å²) in [5.41, 5.74) is 3.62. The van der Waals surface area contributed by atoms with Crippen LogP contribution in [-0.2, 0) is 17.6 Å². The van der Waals surface area contributed by atoms with Crippen molar-refractivity contribution in [3.63, 3.8) is 0 Å². The molecule has 1 aromatic carbocycles. The lowest BCUT2D eigenvalue weighted by Gasteiger charge is -2.36. The van der Waals surface area contributed by atoms with Gasteiger partial charge in [-0.1, -0.05) is 49.4 Å². The number of nitrogens with zero attached hydrogens (tertiary/aromatic N) is 3. The van der Waals surface area contributed by atoms with Crippen molar-refractivity contribution >= 4 is 5.78 Å². The van der Waals surface area contributed by atoms with Gasteiger partial charge in [-0.2, -0.15) is 0 Å². The molecule has 3 saturated carbocycles. The van der Waals surface area contributed by atoms with Gasteiger partial charge in [-0.15, -0.1) is 10.2 Å². The van der Waals surface area contributed by atoms with Gasteiger partial charge in [-0.25, -0.2) is 0 Å². The van der Waals surface area contributed by atoms with E-state index in [4.69, 9.17) is 0 Å². The number of hydrogen-bond donors (Lipinski definition) is 0. The first kappa shape index (κ1) is 20.9. The SMILES string of the molecule is Cc1ccc(CC(=O)CCc2nnc(C3CC(CC4CCCC4)C3)n2C2CC2)c(C)c1. The van der Waals surface area contributed by atoms with E-state index in [1.165, 1.54) is 74.7 Å². The summed E-state index contributed by atoms with van der Waals surface area (Å²) in [4.78, 5) is 12.7. The lowest BCUT2D eigenvalue weighted by molar-refractivity contribution is -0.118. The van der Waals surface area contributed by atoms with Gasteiger partial charge in [0, 0.05) is 31.2 Å². The number of carbonyl (C=O) groups is 1. The van der Waals surface area contributed by atoms with Crippen LogP contribution in [-0.4, -0.2) is 20.5 Å². The third kappa shape index (κ3) is 4.78. The summed E-state index contributed by atoms with van der Waals surface area (Å²) in [5.74, 6) is 5.07. The zero-order chi connectivity index (χ0) is 21.4. The summed E-state index contributed by atoms with van der Waals surface area (Å²) in [7, 11) is 0. The molecule has 0 amide bonds. The van der Waals surface area contributed by atoms with Crippen molar-refractivity contribution < 1.29 is 4.79 Å². The number of hydrogen-bond acceptors (Lipinski definition) is 3. The second kappa shape index (κ2) is 8.88. The van der Waals surface area contributed by atoms with Crippen LogP contribution in [0, 0.1) is 25.7 Å². The van der Waals surface area contributed by atoms with Crippen molar-refractivity contribution in [3.05, 3.63) is 46.5 Å². The molecule has 0 N–H and O–H groups in total. The largest absolute Gasteiger partial charge is 0.312 e. The van der Waals surface area contributed by atoms with Gasteiger partial charge in [-0.05, 0) is 68.9 Å². The first-order valence-corrected chi connectivity index (χ1v) is 12.6. The summed E-state index contributed by atoms with van der Waals surface area (Å²) < 4.78 is 2.43. The normalized spacial score (nSPS) is 23.8. The molecule has 0 saturated heterocycles. The first-order chi connectivity index (χ1) is 15.1. The van der Waals surface area contributed by atoms with Gasteiger partial charge in [0.25, 0.3) is 0 Å². The molecule has 31 heavy (non-hydrogen) atoms. The summed E-state index contributed by atoms with van der Waals surface area (Å²) in [6, 6.07) is 6.95. The molecule has 3 aliphatic rings. The quantitative estimate of drug-likeness (QED) is 0.497. The zero-order valence-electron chi connectivity index (χ0n) is 19.3. The molecule has 0 bridgehead atoms. The van der Waals surface area contributed by atoms with E-state index in [0.717, 1.165) is 29.6 Å². The highest BCUT2D eigenvalue weighted by molar-refractivity contribution is 5.81. The van der Waals surface area contributed by atoms with E-state index in [2.05, 4.69) is 46.8 Å². The maximum absolute atomic E-state index is 12.7. The topological polar surface area (TPSA) is 47.8 Å². The first-order valence-electron chi connectivity index (χ1n) is 12.6. The zero-order valence-corrected chi connectivity index (χ0v) is 19.3. The Morgan fingerprint density at radius 1 is 1.03 bits per heavy atom. The van der Waals surface area contributed by atoms with E-state index >= 15 is 0 Å². The summed E-state index contributed by atoms with van der Waals surface area (Å²) in [6.45, 7) is 4.20. The van der Waals surface area contributed by atoms with Gasteiger partial charge in [0.05, 0.1) is 0 Å². The lowest BCUT2D eigenvalue weighted by Crippen LogP contribution is -2.26. The van der Waals surface area contributed by atoms with Crippen molar-refractivity contribution in [1.82, 2.24) is 14.8 Å². The Morgan fingerprint density at radius 2 is 1.81 bits per heavy atom. The minimum atomic E-state index is 0.305. The molecule has 0 atom stereocenters. The fraction of sp³-hybridized carbons (Fsp3) is 0.667. The number of rotatable bonds is 9. The molecule has 5 rings (SSSR count). The van der Waals surface area contributed by atoms with Crippen molar-refractivity contribution in [2.75, 3.05) is 0 Å². The van der Waals surface area contributed by atoms with Gasteiger partial charge < -0.3 is 4.57 Å². The number of aromatic nitrogens is 3. The van der Waals surface area contributed by atoms with E-state index in [1.54, 1.807) is 0 Å². The summed E-state index contributed by atoms with van der Waals surface area (Å²) in [6.07, 6.45) is 14.2. The molecule has 3 aliphatic carbocycles. The van der Waals surface area contributed by atoms with Gasteiger partial charge in [0.2, 0.25) is 0 Å². The Hall–Kier alpha value is -1.97. The molecule has 4 nitrogen and oxygen atoms in total. The molecule has 166 valence electrons. The number of Topliss-reactive ketones (excluding diaryl/α,β-unsaturated/α-hetero) is 1. The van der Waals surface area contributed by atoms with E-state index in [-0.39, 0.29) is 0 Å². The second-order valence-corrected chi connectivity index (χ2v) is 10.6. The second-order valence-electron chi connectivity index (χ2n) is 10.6. The van der Waals surface area contributed by atoms with Crippen molar-refractivity contribution in [1.29, 1.82) is 0 Å². The lowest BCUT2D eigenvalue weighted by atomic mass is 9.70. The van der Waals surface area contributed by atoms with Crippen LogP contribution in [0.2, 0.25) is 0 Å². The molecule has 4 heteroatoms. The van der Waals surface area contributed by atoms with Crippen LogP contribution in [0.4, 0.5) is 0 Å². The van der Waals surface area contributed by atoms with E-state index in [0.29, 0.717) is 30.6 Å². The van der Waals surface area contributed by atoms with E-state index in [9.17, 15) is 4.79 Å². The predicted octanol–water partition coefficient (Wildman–Crippen LogP) is 6.05. The van der Waals surface area contributed by atoms with Crippen LogP contribution in [0.15, 0.2) is 18.2 Å². The highest BCUT2D eigenvalue weighted by Gasteiger charge is 2.39. The Balaban J connectivity index is 1.18. The molecule has 1 heterocycles. The maximum Gasteiger partial charge on any atom is 0.137 e. The van der Waals surface area contributed by atoms with Crippen LogP contribution < -0.4 is 0 Å². The van der Waals surface area contributed by atoms with Crippen LogP contribution in [0.5, 0.6) is 0 Å². The van der Waals surface area contributed by atoms with E-state index in [1.807, 2.05) is 0 Å². The third-order valence-electron chi connectivity index (χ3n) is 7.96. The molecule has 0 unspecified atom stereocenters. The molecule has 0 spiro atoms. The molecular formula is C27H37N3O. The third-order valence-corrected chi connectivity index (χ3v) is 7.96. The average molecular weight is 420 g/mol. The van der Waals surface area contributed by atoms with Crippen molar-refractivity contribution in [2.24, 2.45) is 11.8 Å². The number of aryl methyl sites for hydroxylation is 3. The van der Waals surface area contributed by atoms with Gasteiger partial charge in [0.15, 0.2) is 0 Å². The summed E-state index contributed by atoms with van der Waals surface area (Å²) >= 11 is 0. The minimum Gasteiger partial charge on any atom is -0.312 e. The maximum atomic E-state index is 12.7. The fourth-order valence-electron chi connectivity index (χ4n) is 5.97. The predicted molar refractivity (Wildman–Crippen MR) is 123 cm³/mol. The van der Waals surface area contributed by atoms with Crippen LogP contribution in [0.25, 0.3) is 0 Å². The van der Waals surface area contributed by atoms with Crippen LogP contribution in [0.3, 0.4) is 0 Å². The highest BCUT2D eigenvalue weighted by atomic mass is 16.1. The molecule has 0 radical (unpaired) electrons. The summed E-state index contributed by atoms with van der Waals surface area (Å²) in [5, 5.41) is 9.23. The van der Waals surface area contributed by atoms with Gasteiger partial charge >= 0.3 is 0 Å². The molecule has 3 fully saturated rings. The fourth-order valence-corrected chi connectivity index (χ4v) is 5.97. The number of benzene rings is 1. The Bertz CT molecular complexity index is 930. The Labute approximate surface area is 186 Å². The van der Waals surface area contributed by atoms with Gasteiger partial charge in [-0.3, -0.25) is 4.79 Å². The van der Waals surface area contributed by atoms with Crippen molar-refractivity contribution in [3.8, 4) is 0 Å². The molecule has 1 aromatic heterocycles. The molecular weight excluding hydrogens is 382 g/mol. The highest BCUT2D eigenvalue weighted by Crippen LogP contribution is 2.48.